The highest BCUT2D eigenvalue weighted by molar-refractivity contribution is 5.85. The average Bonchev–Trinajstić information content (AvgIpc) is 2.97. The first-order valence-corrected chi connectivity index (χ1v) is 9.59. The van der Waals surface area contributed by atoms with E-state index in [9.17, 15) is 14.0 Å². The maximum Gasteiger partial charge on any atom is 0.227 e. The number of carbonyl (C=O) groups is 2. The Bertz CT molecular complexity index is 658. The number of nitrogens with two attached hydrogens (primary N) is 1. The number of amides is 2. The summed E-state index contributed by atoms with van der Waals surface area (Å²) >= 11 is 0. The van der Waals surface area contributed by atoms with Crippen molar-refractivity contribution >= 4 is 24.2 Å². The van der Waals surface area contributed by atoms with Crippen LogP contribution in [0.15, 0.2) is 24.3 Å². The minimum Gasteiger partial charge on any atom is -0.341 e. The zero-order valence-corrected chi connectivity index (χ0v) is 16.4. The highest BCUT2D eigenvalue weighted by atomic mass is 35.5. The van der Waals surface area contributed by atoms with Crippen molar-refractivity contribution < 1.29 is 14.0 Å². The molecule has 0 unspecified atom stereocenters. The van der Waals surface area contributed by atoms with E-state index >= 15 is 0 Å². The first kappa shape index (κ1) is 21.6. The second-order valence-corrected chi connectivity index (χ2v) is 7.40. The largest absolute Gasteiger partial charge is 0.341 e. The van der Waals surface area contributed by atoms with Crippen molar-refractivity contribution in [2.75, 3.05) is 32.7 Å². The molecule has 0 radical (unpaired) electrons. The minimum absolute atomic E-state index is 0. The number of carbonyl (C=O) groups excluding carboxylic acids is 2. The van der Waals surface area contributed by atoms with Crippen molar-refractivity contribution in [1.82, 2.24) is 9.80 Å². The Morgan fingerprint density at radius 1 is 1.07 bits per heavy atom. The molecule has 1 aliphatic heterocycles. The van der Waals surface area contributed by atoms with E-state index in [-0.39, 0.29) is 42.4 Å². The smallest absolute Gasteiger partial charge is 0.227 e. The van der Waals surface area contributed by atoms with Crippen LogP contribution in [0.3, 0.4) is 0 Å². The minimum atomic E-state index is -0.325. The molecule has 0 aromatic heterocycles. The lowest BCUT2D eigenvalue weighted by Crippen LogP contribution is -2.42. The molecule has 0 spiro atoms. The predicted octanol–water partition coefficient (Wildman–Crippen LogP) is 2.23. The van der Waals surface area contributed by atoms with E-state index < -0.39 is 0 Å². The summed E-state index contributed by atoms with van der Waals surface area (Å²) in [5.41, 5.74) is 6.50. The third-order valence-electron chi connectivity index (χ3n) is 5.68. The highest BCUT2D eigenvalue weighted by Crippen LogP contribution is 2.32. The quantitative estimate of drug-likeness (QED) is 0.847. The van der Waals surface area contributed by atoms with Crippen LogP contribution in [0.5, 0.6) is 0 Å². The topological polar surface area (TPSA) is 66.6 Å². The molecule has 1 aliphatic carbocycles. The molecule has 0 bridgehead atoms. The van der Waals surface area contributed by atoms with Gasteiger partial charge in [-0.05, 0) is 49.4 Å². The van der Waals surface area contributed by atoms with Gasteiger partial charge in [-0.15, -0.1) is 12.4 Å². The Morgan fingerprint density at radius 3 is 2.56 bits per heavy atom. The van der Waals surface area contributed by atoms with Gasteiger partial charge in [-0.25, -0.2) is 4.39 Å². The van der Waals surface area contributed by atoms with Gasteiger partial charge in [0.05, 0.1) is 6.42 Å². The van der Waals surface area contributed by atoms with E-state index in [2.05, 4.69) is 0 Å². The molecule has 1 saturated heterocycles. The molecule has 1 saturated carbocycles. The van der Waals surface area contributed by atoms with E-state index in [4.69, 9.17) is 5.73 Å². The second kappa shape index (κ2) is 10.0. The van der Waals surface area contributed by atoms with Gasteiger partial charge in [0.15, 0.2) is 0 Å². The van der Waals surface area contributed by atoms with Gasteiger partial charge in [0, 0.05) is 32.1 Å². The molecule has 1 aromatic rings. The maximum atomic E-state index is 13.3. The standard InChI is InChI=1S/C20H28FN3O2.ClH/c21-17-6-1-4-15(12-17)13-19(25)23-8-3-9-24(11-10-23)20(26)18-7-2-5-16(18)14-22;/h1,4,6,12,16,18H,2-3,5,7-11,13-14,22H2;1H/t16-,18-;/m1./s1. The van der Waals surface area contributed by atoms with E-state index in [1.807, 2.05) is 4.90 Å². The Labute approximate surface area is 166 Å². The fourth-order valence-electron chi connectivity index (χ4n) is 4.20. The van der Waals surface area contributed by atoms with E-state index in [1.54, 1.807) is 17.0 Å². The van der Waals surface area contributed by atoms with Crippen molar-refractivity contribution in [3.63, 3.8) is 0 Å². The molecule has 1 aromatic carbocycles. The van der Waals surface area contributed by atoms with Gasteiger partial charge >= 0.3 is 0 Å². The molecule has 2 atom stereocenters. The number of benzene rings is 1. The number of hydrogen-bond donors (Lipinski definition) is 1. The first-order valence-electron chi connectivity index (χ1n) is 9.59. The lowest BCUT2D eigenvalue weighted by Gasteiger charge is -2.27. The summed E-state index contributed by atoms with van der Waals surface area (Å²) in [4.78, 5) is 29.1. The van der Waals surface area contributed by atoms with E-state index in [0.29, 0.717) is 44.2 Å². The van der Waals surface area contributed by atoms with Crippen LogP contribution < -0.4 is 5.73 Å². The van der Waals surface area contributed by atoms with Crippen LogP contribution in [-0.2, 0) is 16.0 Å². The third kappa shape index (κ3) is 5.42. The first-order chi connectivity index (χ1) is 12.6. The van der Waals surface area contributed by atoms with Gasteiger partial charge in [0.1, 0.15) is 5.82 Å². The molecule has 3 rings (SSSR count). The summed E-state index contributed by atoms with van der Waals surface area (Å²) < 4.78 is 13.3. The van der Waals surface area contributed by atoms with Gasteiger partial charge in [0.2, 0.25) is 11.8 Å². The van der Waals surface area contributed by atoms with Crippen molar-refractivity contribution in [3.05, 3.63) is 35.6 Å². The second-order valence-electron chi connectivity index (χ2n) is 7.40. The van der Waals surface area contributed by atoms with Crippen molar-refractivity contribution in [2.24, 2.45) is 17.6 Å². The number of halogens is 2. The Morgan fingerprint density at radius 2 is 1.81 bits per heavy atom. The Kier molecular flexibility index (Phi) is 8.05. The zero-order chi connectivity index (χ0) is 18.5. The lowest BCUT2D eigenvalue weighted by molar-refractivity contribution is -0.137. The molecule has 2 aliphatic rings. The van der Waals surface area contributed by atoms with Gasteiger partial charge in [-0.2, -0.15) is 0 Å². The van der Waals surface area contributed by atoms with Crippen LogP contribution in [0.4, 0.5) is 4.39 Å². The average molecular weight is 398 g/mol. The van der Waals surface area contributed by atoms with E-state index in [1.165, 1.54) is 12.1 Å². The van der Waals surface area contributed by atoms with Crippen LogP contribution in [-0.4, -0.2) is 54.3 Å². The molecular weight excluding hydrogens is 369 g/mol. The molecule has 5 nitrogen and oxygen atoms in total. The van der Waals surface area contributed by atoms with E-state index in [0.717, 1.165) is 25.7 Å². The SMILES string of the molecule is Cl.NC[C@H]1CCC[C@H]1C(=O)N1CCCN(C(=O)Cc2cccc(F)c2)CC1. The van der Waals surface area contributed by atoms with Crippen molar-refractivity contribution in [1.29, 1.82) is 0 Å². The van der Waals surface area contributed by atoms with Gasteiger partial charge < -0.3 is 15.5 Å². The van der Waals surface area contributed by atoms with Gasteiger partial charge in [-0.1, -0.05) is 18.6 Å². The summed E-state index contributed by atoms with van der Waals surface area (Å²) in [7, 11) is 0. The number of rotatable bonds is 4. The monoisotopic (exact) mass is 397 g/mol. The molecule has 1 heterocycles. The Balaban J connectivity index is 0.00000261. The number of nitrogens with zero attached hydrogens (tertiary/aromatic N) is 2. The molecule has 2 amide bonds. The summed E-state index contributed by atoms with van der Waals surface area (Å²) in [6.07, 6.45) is 4.02. The normalized spacial score (nSPS) is 22.9. The summed E-state index contributed by atoms with van der Waals surface area (Å²) in [5.74, 6) is 0.225. The van der Waals surface area contributed by atoms with Gasteiger partial charge in [-0.3, -0.25) is 9.59 Å². The molecule has 27 heavy (non-hydrogen) atoms. The molecule has 2 N–H and O–H groups in total. The molecule has 7 heteroatoms. The predicted molar refractivity (Wildman–Crippen MR) is 105 cm³/mol. The summed E-state index contributed by atoms with van der Waals surface area (Å²) in [6, 6.07) is 6.16. The molecule has 2 fully saturated rings. The molecule has 150 valence electrons. The maximum absolute atomic E-state index is 13.3. The van der Waals surface area contributed by atoms with Crippen LogP contribution >= 0.6 is 12.4 Å². The van der Waals surface area contributed by atoms with Crippen LogP contribution in [0.2, 0.25) is 0 Å². The van der Waals surface area contributed by atoms with Crippen LogP contribution in [0.25, 0.3) is 0 Å². The highest BCUT2D eigenvalue weighted by Gasteiger charge is 2.35. The molecular formula is C20H29ClFN3O2. The van der Waals surface area contributed by atoms with Crippen LogP contribution in [0, 0.1) is 17.7 Å². The lowest BCUT2D eigenvalue weighted by atomic mass is 9.94. The van der Waals surface area contributed by atoms with Crippen molar-refractivity contribution in [2.45, 2.75) is 32.1 Å². The van der Waals surface area contributed by atoms with Gasteiger partial charge in [0.25, 0.3) is 0 Å². The van der Waals surface area contributed by atoms with Crippen LogP contribution in [0.1, 0.15) is 31.2 Å². The Hall–Kier alpha value is -1.66. The fraction of sp³-hybridized carbons (Fsp3) is 0.600. The van der Waals surface area contributed by atoms with Crippen molar-refractivity contribution in [3.8, 4) is 0 Å². The summed E-state index contributed by atoms with van der Waals surface area (Å²) in [6.45, 7) is 3.02. The summed E-state index contributed by atoms with van der Waals surface area (Å²) in [5, 5.41) is 0. The fourth-order valence-corrected chi connectivity index (χ4v) is 4.20. The third-order valence-corrected chi connectivity index (χ3v) is 5.68. The zero-order valence-electron chi connectivity index (χ0n) is 15.6. The number of hydrogen-bond acceptors (Lipinski definition) is 3.